The van der Waals surface area contributed by atoms with Gasteiger partial charge >= 0.3 is 0 Å². The second kappa shape index (κ2) is 4.96. The van der Waals surface area contributed by atoms with Crippen LogP contribution in [0.4, 0.5) is 4.39 Å². The number of halogens is 1. The Morgan fingerprint density at radius 1 is 1.36 bits per heavy atom. The van der Waals surface area contributed by atoms with Crippen LogP contribution in [0.2, 0.25) is 0 Å². The molecule has 0 saturated carbocycles. The summed E-state index contributed by atoms with van der Waals surface area (Å²) < 4.78 is 12.5. The van der Waals surface area contributed by atoms with Crippen LogP contribution in [0.3, 0.4) is 0 Å². The Morgan fingerprint density at radius 2 is 2.00 bits per heavy atom. The normalized spacial score (nSPS) is 9.21. The van der Waals surface area contributed by atoms with Gasteiger partial charge in [-0.3, -0.25) is 20.4 Å². The Kier molecular flexibility index (Phi) is 3.60. The van der Waals surface area contributed by atoms with Gasteiger partial charge in [-0.05, 0) is 17.7 Å². The van der Waals surface area contributed by atoms with Gasteiger partial charge < -0.3 is 0 Å². The van der Waals surface area contributed by atoms with Crippen molar-refractivity contribution in [3.05, 3.63) is 35.6 Å². The fourth-order valence-electron chi connectivity index (χ4n) is 0.942. The second-order valence-corrected chi connectivity index (χ2v) is 2.61. The second-order valence-electron chi connectivity index (χ2n) is 2.61. The Hall–Kier alpha value is -1.91. The van der Waals surface area contributed by atoms with E-state index in [1.165, 1.54) is 24.3 Å². The first-order valence-electron chi connectivity index (χ1n) is 3.95. The standard InChI is InChI=1S/C9H9FN2O2/c10-8-3-1-7(2-4-8)5-9(14)12-11-6-13/h1-4,6H,5H2,(H,11,13)(H,12,14). The maximum Gasteiger partial charge on any atom is 0.242 e. The largest absolute Gasteiger partial charge is 0.277 e. The van der Waals surface area contributed by atoms with Crippen molar-refractivity contribution in [3.8, 4) is 0 Å². The molecule has 4 nitrogen and oxygen atoms in total. The first kappa shape index (κ1) is 10.2. The zero-order chi connectivity index (χ0) is 10.4. The lowest BCUT2D eigenvalue weighted by molar-refractivity contribution is -0.124. The molecule has 74 valence electrons. The van der Waals surface area contributed by atoms with E-state index in [4.69, 9.17) is 0 Å². The van der Waals surface area contributed by atoms with Gasteiger partial charge in [-0.2, -0.15) is 0 Å². The number of amides is 2. The van der Waals surface area contributed by atoms with E-state index >= 15 is 0 Å². The van der Waals surface area contributed by atoms with Crippen LogP contribution in [0.5, 0.6) is 0 Å². The monoisotopic (exact) mass is 196 g/mol. The van der Waals surface area contributed by atoms with Crippen molar-refractivity contribution in [2.24, 2.45) is 0 Å². The molecule has 0 atom stereocenters. The quantitative estimate of drug-likeness (QED) is 0.531. The minimum absolute atomic E-state index is 0.0983. The van der Waals surface area contributed by atoms with E-state index in [1.807, 2.05) is 5.43 Å². The number of hydrogen-bond acceptors (Lipinski definition) is 2. The number of hydrazine groups is 1. The third-order valence-corrected chi connectivity index (χ3v) is 1.55. The molecule has 0 fully saturated rings. The van der Waals surface area contributed by atoms with Crippen LogP contribution < -0.4 is 10.9 Å². The predicted octanol–water partition coefficient (Wildman–Crippen LogP) is 0.145. The summed E-state index contributed by atoms with van der Waals surface area (Å²) in [6, 6.07) is 5.57. The summed E-state index contributed by atoms with van der Waals surface area (Å²) in [5.74, 6) is -0.705. The average Bonchev–Trinajstić information content (AvgIpc) is 2.18. The molecule has 0 heterocycles. The maximum atomic E-state index is 12.5. The zero-order valence-electron chi connectivity index (χ0n) is 7.29. The van der Waals surface area contributed by atoms with Gasteiger partial charge in [0.05, 0.1) is 6.42 Å². The minimum atomic E-state index is -0.358. The third kappa shape index (κ3) is 3.22. The molecule has 0 saturated heterocycles. The molecule has 0 radical (unpaired) electrons. The lowest BCUT2D eigenvalue weighted by Gasteiger charge is -2.02. The van der Waals surface area contributed by atoms with Crippen LogP contribution in [-0.4, -0.2) is 12.3 Å². The summed E-state index contributed by atoms with van der Waals surface area (Å²) in [5.41, 5.74) is 4.85. The van der Waals surface area contributed by atoms with Crippen molar-refractivity contribution >= 4 is 12.3 Å². The lowest BCUT2D eigenvalue weighted by atomic mass is 10.1. The van der Waals surface area contributed by atoms with Gasteiger partial charge in [-0.1, -0.05) is 12.1 Å². The molecule has 2 N–H and O–H groups in total. The zero-order valence-corrected chi connectivity index (χ0v) is 7.29. The summed E-state index contributed by atoms with van der Waals surface area (Å²) in [4.78, 5) is 20.9. The Bertz CT molecular complexity index is 324. The lowest BCUT2D eigenvalue weighted by Crippen LogP contribution is -2.37. The highest BCUT2D eigenvalue weighted by Crippen LogP contribution is 2.02. The summed E-state index contributed by atoms with van der Waals surface area (Å²) in [5, 5.41) is 0. The molecule has 0 unspecified atom stereocenters. The third-order valence-electron chi connectivity index (χ3n) is 1.55. The molecule has 1 aromatic carbocycles. The number of hydrogen-bond donors (Lipinski definition) is 2. The van der Waals surface area contributed by atoms with Gasteiger partial charge in [0, 0.05) is 0 Å². The highest BCUT2D eigenvalue weighted by molar-refractivity contribution is 5.79. The van der Waals surface area contributed by atoms with Crippen LogP contribution >= 0.6 is 0 Å². The molecular weight excluding hydrogens is 187 g/mol. The fourth-order valence-corrected chi connectivity index (χ4v) is 0.942. The van der Waals surface area contributed by atoms with Crippen LogP contribution in [0, 0.1) is 5.82 Å². The number of rotatable bonds is 4. The molecule has 2 amide bonds. The van der Waals surface area contributed by atoms with Crippen molar-refractivity contribution in [1.82, 2.24) is 10.9 Å². The molecule has 5 heteroatoms. The van der Waals surface area contributed by atoms with Gasteiger partial charge in [-0.25, -0.2) is 4.39 Å². The average molecular weight is 196 g/mol. The first-order valence-corrected chi connectivity index (χ1v) is 3.95. The maximum absolute atomic E-state index is 12.5. The molecule has 0 spiro atoms. The van der Waals surface area contributed by atoms with Crippen molar-refractivity contribution in [1.29, 1.82) is 0 Å². The molecular formula is C9H9FN2O2. The summed E-state index contributed by atoms with van der Waals surface area (Å²) in [6.07, 6.45) is 0.462. The van der Waals surface area contributed by atoms with Gasteiger partial charge in [0.1, 0.15) is 5.82 Å². The van der Waals surface area contributed by atoms with E-state index in [9.17, 15) is 14.0 Å². The number of carbonyl (C=O) groups is 2. The number of nitrogens with one attached hydrogen (secondary N) is 2. The summed E-state index contributed by atoms with van der Waals surface area (Å²) >= 11 is 0. The van der Waals surface area contributed by atoms with Crippen molar-refractivity contribution in [3.63, 3.8) is 0 Å². The minimum Gasteiger partial charge on any atom is -0.277 e. The van der Waals surface area contributed by atoms with E-state index in [0.29, 0.717) is 12.0 Å². The Labute approximate surface area is 80.1 Å². The molecule has 0 aliphatic rings. The molecule has 0 aliphatic carbocycles. The fraction of sp³-hybridized carbons (Fsp3) is 0.111. The topological polar surface area (TPSA) is 58.2 Å². The predicted molar refractivity (Wildman–Crippen MR) is 47.4 cm³/mol. The number of benzene rings is 1. The van der Waals surface area contributed by atoms with E-state index in [-0.39, 0.29) is 18.1 Å². The molecule has 0 aliphatic heterocycles. The summed E-state index contributed by atoms with van der Waals surface area (Å²) in [6.45, 7) is 0. The van der Waals surface area contributed by atoms with Gasteiger partial charge in [0.25, 0.3) is 0 Å². The molecule has 1 aromatic rings. The van der Waals surface area contributed by atoms with Gasteiger partial charge in [0.2, 0.25) is 12.3 Å². The number of carbonyl (C=O) groups excluding carboxylic acids is 2. The van der Waals surface area contributed by atoms with Gasteiger partial charge in [0.15, 0.2) is 0 Å². The first-order chi connectivity index (χ1) is 6.72. The van der Waals surface area contributed by atoms with Crippen molar-refractivity contribution < 1.29 is 14.0 Å². The van der Waals surface area contributed by atoms with Crippen LogP contribution in [-0.2, 0) is 16.0 Å². The van der Waals surface area contributed by atoms with Crippen molar-refractivity contribution in [2.75, 3.05) is 0 Å². The Morgan fingerprint density at radius 3 is 2.57 bits per heavy atom. The van der Waals surface area contributed by atoms with E-state index in [2.05, 4.69) is 5.43 Å². The van der Waals surface area contributed by atoms with E-state index < -0.39 is 0 Å². The molecule has 1 rings (SSSR count). The highest BCUT2D eigenvalue weighted by atomic mass is 19.1. The smallest absolute Gasteiger partial charge is 0.242 e. The molecule has 0 aromatic heterocycles. The molecule has 14 heavy (non-hydrogen) atoms. The molecule has 0 bridgehead atoms. The van der Waals surface area contributed by atoms with Crippen LogP contribution in [0.25, 0.3) is 0 Å². The van der Waals surface area contributed by atoms with Crippen molar-refractivity contribution in [2.45, 2.75) is 6.42 Å². The van der Waals surface area contributed by atoms with Crippen LogP contribution in [0.1, 0.15) is 5.56 Å². The highest BCUT2D eigenvalue weighted by Gasteiger charge is 2.01. The van der Waals surface area contributed by atoms with Gasteiger partial charge in [-0.15, -0.1) is 0 Å². The van der Waals surface area contributed by atoms with Crippen LogP contribution in [0.15, 0.2) is 24.3 Å². The SMILES string of the molecule is O=CNNC(=O)Cc1ccc(F)cc1. The van der Waals surface area contributed by atoms with E-state index in [1.54, 1.807) is 0 Å². The van der Waals surface area contributed by atoms with E-state index in [0.717, 1.165) is 0 Å². The summed E-state index contributed by atoms with van der Waals surface area (Å²) in [7, 11) is 0. The Balaban J connectivity index is 2.47.